The molecule has 1 N–H and O–H groups in total. The van der Waals surface area contributed by atoms with Gasteiger partial charge in [-0.1, -0.05) is 42.5 Å². The summed E-state index contributed by atoms with van der Waals surface area (Å²) in [6.07, 6.45) is 0. The molecule has 148 valence electrons. The molecule has 0 saturated carbocycles. The van der Waals surface area contributed by atoms with E-state index < -0.39 is 7.12 Å². The number of anilines is 1. The van der Waals surface area contributed by atoms with E-state index in [0.717, 1.165) is 27.5 Å². The maximum atomic E-state index is 12.9. The summed E-state index contributed by atoms with van der Waals surface area (Å²) < 4.78 is 12.3. The zero-order chi connectivity index (χ0) is 20.8. The van der Waals surface area contributed by atoms with Crippen LogP contribution in [0.4, 0.5) is 5.69 Å². The van der Waals surface area contributed by atoms with Crippen molar-refractivity contribution < 1.29 is 14.1 Å². The van der Waals surface area contributed by atoms with Crippen molar-refractivity contribution >= 4 is 34.9 Å². The molecule has 0 bridgehead atoms. The molecule has 0 radical (unpaired) electrons. The van der Waals surface area contributed by atoms with E-state index in [1.54, 1.807) is 0 Å². The predicted octanol–water partition coefficient (Wildman–Crippen LogP) is 4.70. The second kappa shape index (κ2) is 7.01. The van der Waals surface area contributed by atoms with E-state index in [2.05, 4.69) is 5.32 Å². The highest BCUT2D eigenvalue weighted by atomic mass is 16.7. The Labute approximate surface area is 172 Å². The third kappa shape index (κ3) is 3.68. The summed E-state index contributed by atoms with van der Waals surface area (Å²) in [5.41, 5.74) is 2.72. The number of rotatable bonds is 3. The molecule has 0 atom stereocenters. The number of hydrogen-bond donors (Lipinski definition) is 1. The van der Waals surface area contributed by atoms with Gasteiger partial charge in [-0.2, -0.15) is 0 Å². The van der Waals surface area contributed by atoms with Crippen LogP contribution in [-0.2, 0) is 9.31 Å². The van der Waals surface area contributed by atoms with Crippen molar-refractivity contribution in [1.29, 1.82) is 0 Å². The van der Waals surface area contributed by atoms with E-state index >= 15 is 0 Å². The number of carbonyl (C=O) groups excluding carboxylic acids is 1. The highest BCUT2D eigenvalue weighted by Gasteiger charge is 2.51. The van der Waals surface area contributed by atoms with Crippen LogP contribution in [-0.4, -0.2) is 24.2 Å². The Hall–Kier alpha value is -2.63. The van der Waals surface area contributed by atoms with Crippen molar-refractivity contribution in [1.82, 2.24) is 0 Å². The number of fused-ring (bicyclic) bond motifs is 1. The number of nitrogens with one attached hydrogen (secondary N) is 1. The van der Waals surface area contributed by atoms with Crippen LogP contribution < -0.4 is 10.8 Å². The summed E-state index contributed by atoms with van der Waals surface area (Å²) in [7, 11) is -0.422. The summed E-state index contributed by atoms with van der Waals surface area (Å²) in [5.74, 6) is -0.121. The van der Waals surface area contributed by atoms with Crippen LogP contribution in [0.15, 0.2) is 60.7 Å². The van der Waals surface area contributed by atoms with E-state index in [1.165, 1.54) is 0 Å². The molecule has 5 heteroatoms. The number of carbonyl (C=O) groups is 1. The Balaban J connectivity index is 1.64. The summed E-state index contributed by atoms with van der Waals surface area (Å²) in [6.45, 7) is 10.2. The molecule has 4 rings (SSSR count). The second-order valence-electron chi connectivity index (χ2n) is 8.70. The Morgan fingerprint density at radius 3 is 2.28 bits per heavy atom. The molecule has 0 unspecified atom stereocenters. The number of benzene rings is 3. The zero-order valence-corrected chi connectivity index (χ0v) is 17.6. The van der Waals surface area contributed by atoms with Gasteiger partial charge in [0.15, 0.2) is 0 Å². The van der Waals surface area contributed by atoms with Gasteiger partial charge in [0.2, 0.25) is 0 Å². The van der Waals surface area contributed by atoms with Gasteiger partial charge in [-0.3, -0.25) is 4.79 Å². The lowest BCUT2D eigenvalue weighted by molar-refractivity contribution is 0.00578. The van der Waals surface area contributed by atoms with Crippen molar-refractivity contribution in [3.05, 3.63) is 71.8 Å². The van der Waals surface area contributed by atoms with E-state index in [4.69, 9.17) is 9.31 Å². The van der Waals surface area contributed by atoms with Crippen LogP contribution in [0, 0.1) is 6.92 Å². The van der Waals surface area contributed by atoms with Crippen molar-refractivity contribution in [2.24, 2.45) is 0 Å². The Kier molecular flexibility index (Phi) is 4.76. The highest BCUT2D eigenvalue weighted by molar-refractivity contribution is 6.62. The van der Waals surface area contributed by atoms with Gasteiger partial charge in [0, 0.05) is 11.3 Å². The molecule has 1 fully saturated rings. The van der Waals surface area contributed by atoms with E-state index in [-0.39, 0.29) is 17.1 Å². The van der Waals surface area contributed by atoms with Crippen molar-refractivity contribution in [3.8, 4) is 0 Å². The van der Waals surface area contributed by atoms with Gasteiger partial charge in [0.05, 0.1) is 11.2 Å². The van der Waals surface area contributed by atoms with Crippen molar-refractivity contribution in [3.63, 3.8) is 0 Å². The molecule has 1 heterocycles. The molecular weight excluding hydrogens is 361 g/mol. The standard InChI is InChI=1S/C24H26BNO3/c1-16-8-6-10-19(14-16)26-22(27)21-11-7-9-17-15-18(12-13-20(17)21)25-28-23(2,3)24(4,5)29-25/h6-15H,1-5H3,(H,26,27). The average Bonchev–Trinajstić information content (AvgIpc) is 2.88. The first kappa shape index (κ1) is 19.7. The summed E-state index contributed by atoms with van der Waals surface area (Å²) in [4.78, 5) is 12.9. The van der Waals surface area contributed by atoms with Crippen molar-refractivity contribution in [2.45, 2.75) is 45.8 Å². The largest absolute Gasteiger partial charge is 0.494 e. The van der Waals surface area contributed by atoms with Gasteiger partial charge < -0.3 is 14.6 Å². The predicted molar refractivity (Wildman–Crippen MR) is 119 cm³/mol. The fourth-order valence-corrected chi connectivity index (χ4v) is 3.55. The fourth-order valence-electron chi connectivity index (χ4n) is 3.55. The number of aryl methyl sites for hydroxylation is 1. The highest BCUT2D eigenvalue weighted by Crippen LogP contribution is 2.36. The lowest BCUT2D eigenvalue weighted by Gasteiger charge is -2.32. The first-order valence-corrected chi connectivity index (χ1v) is 9.93. The van der Waals surface area contributed by atoms with Crippen LogP contribution in [0.5, 0.6) is 0 Å². The minimum Gasteiger partial charge on any atom is -0.399 e. The Morgan fingerprint density at radius 2 is 1.59 bits per heavy atom. The molecule has 3 aromatic carbocycles. The van der Waals surface area contributed by atoms with E-state index in [1.807, 2.05) is 95.3 Å². The SMILES string of the molecule is Cc1cccc(NC(=O)c2cccc3cc(B4OC(C)(C)C(C)(C)O4)ccc23)c1. The van der Waals surface area contributed by atoms with Crippen LogP contribution in [0.25, 0.3) is 10.8 Å². The van der Waals surface area contributed by atoms with Crippen LogP contribution >= 0.6 is 0 Å². The maximum absolute atomic E-state index is 12.9. The van der Waals surface area contributed by atoms with Crippen LogP contribution in [0.1, 0.15) is 43.6 Å². The molecular formula is C24H26BNO3. The van der Waals surface area contributed by atoms with Gasteiger partial charge >= 0.3 is 7.12 Å². The molecule has 4 nitrogen and oxygen atoms in total. The zero-order valence-electron chi connectivity index (χ0n) is 17.6. The summed E-state index contributed by atoms with van der Waals surface area (Å²) >= 11 is 0. The van der Waals surface area contributed by atoms with Gasteiger partial charge in [-0.05, 0) is 74.6 Å². The van der Waals surface area contributed by atoms with Gasteiger partial charge in [0.1, 0.15) is 0 Å². The topological polar surface area (TPSA) is 47.6 Å². The molecule has 3 aromatic rings. The molecule has 1 amide bonds. The lowest BCUT2D eigenvalue weighted by Crippen LogP contribution is -2.41. The fraction of sp³-hybridized carbons (Fsp3) is 0.292. The van der Waals surface area contributed by atoms with Gasteiger partial charge in [-0.15, -0.1) is 0 Å². The second-order valence-corrected chi connectivity index (χ2v) is 8.70. The molecule has 1 aliphatic heterocycles. The normalized spacial score (nSPS) is 17.5. The first-order chi connectivity index (χ1) is 13.7. The first-order valence-electron chi connectivity index (χ1n) is 9.93. The Bertz CT molecular complexity index is 1070. The van der Waals surface area contributed by atoms with Gasteiger partial charge in [-0.25, -0.2) is 0 Å². The lowest BCUT2D eigenvalue weighted by atomic mass is 9.78. The molecule has 29 heavy (non-hydrogen) atoms. The average molecular weight is 387 g/mol. The third-order valence-corrected chi connectivity index (χ3v) is 5.95. The quantitative estimate of drug-likeness (QED) is 0.663. The maximum Gasteiger partial charge on any atom is 0.494 e. The minimum atomic E-state index is -0.422. The third-order valence-electron chi connectivity index (χ3n) is 5.95. The molecule has 1 aliphatic rings. The molecule has 0 spiro atoms. The van der Waals surface area contributed by atoms with E-state index in [9.17, 15) is 4.79 Å². The molecule has 0 aliphatic carbocycles. The summed E-state index contributed by atoms with van der Waals surface area (Å²) in [6, 6.07) is 19.5. The van der Waals surface area contributed by atoms with E-state index in [0.29, 0.717) is 5.56 Å². The molecule has 0 aromatic heterocycles. The number of amides is 1. The Morgan fingerprint density at radius 1 is 0.897 bits per heavy atom. The smallest absolute Gasteiger partial charge is 0.399 e. The van der Waals surface area contributed by atoms with Gasteiger partial charge in [0.25, 0.3) is 5.91 Å². The minimum absolute atomic E-state index is 0.121. The molecule has 1 saturated heterocycles. The van der Waals surface area contributed by atoms with Crippen LogP contribution in [0.2, 0.25) is 0 Å². The monoisotopic (exact) mass is 387 g/mol. The van der Waals surface area contributed by atoms with Crippen LogP contribution in [0.3, 0.4) is 0 Å². The number of hydrogen-bond acceptors (Lipinski definition) is 3. The van der Waals surface area contributed by atoms with Crippen molar-refractivity contribution in [2.75, 3.05) is 5.32 Å². The summed E-state index contributed by atoms with van der Waals surface area (Å²) in [5, 5.41) is 4.88.